The normalized spacial score (nSPS) is 21.1. The second-order valence-corrected chi connectivity index (χ2v) is 8.78. The molecule has 0 radical (unpaired) electrons. The Kier molecular flexibility index (Phi) is 7.15. The lowest BCUT2D eigenvalue weighted by molar-refractivity contribution is -0.0122. The molecule has 9 heteroatoms. The van der Waals surface area contributed by atoms with Crippen molar-refractivity contribution in [2.75, 3.05) is 40.0 Å². The Morgan fingerprint density at radius 2 is 1.94 bits per heavy atom. The molecule has 2 amide bonds. The third kappa shape index (κ3) is 5.72. The van der Waals surface area contributed by atoms with Crippen LogP contribution < -0.4 is 19.5 Å². The van der Waals surface area contributed by atoms with Gasteiger partial charge in [-0.1, -0.05) is 0 Å². The zero-order valence-electron chi connectivity index (χ0n) is 18.6. The predicted molar refractivity (Wildman–Crippen MR) is 113 cm³/mol. The number of fused-ring (bicyclic) bond motifs is 1. The standard InChI is InChI=1S/C22H32N2O7/c1-22(2,3)31-21(27)24-9-8-14(16(25)13-24)12-23-20(26)15-6-7-17(28-4)19-18(15)29-10-5-11-30-19/h6-7,14,16,25H,5,8-13H2,1-4H3,(H,23,26)/t14-,16?/m0/s1. The fourth-order valence-electron chi connectivity index (χ4n) is 3.60. The Morgan fingerprint density at radius 3 is 2.58 bits per heavy atom. The highest BCUT2D eigenvalue weighted by Crippen LogP contribution is 2.41. The van der Waals surface area contributed by atoms with Crippen LogP contribution in [-0.4, -0.2) is 73.7 Å². The molecule has 2 N–H and O–H groups in total. The maximum atomic E-state index is 12.9. The van der Waals surface area contributed by atoms with Gasteiger partial charge in [-0.25, -0.2) is 4.79 Å². The average Bonchev–Trinajstić information content (AvgIpc) is 2.96. The quantitative estimate of drug-likeness (QED) is 0.745. The van der Waals surface area contributed by atoms with Crippen molar-refractivity contribution < 1.29 is 33.6 Å². The van der Waals surface area contributed by atoms with Crippen molar-refractivity contribution in [1.29, 1.82) is 0 Å². The molecule has 0 aliphatic carbocycles. The number of methoxy groups -OCH3 is 1. The van der Waals surface area contributed by atoms with Gasteiger partial charge in [0.15, 0.2) is 11.5 Å². The summed E-state index contributed by atoms with van der Waals surface area (Å²) < 4.78 is 22.2. The van der Waals surface area contributed by atoms with Gasteiger partial charge in [0, 0.05) is 25.4 Å². The van der Waals surface area contributed by atoms with Crippen LogP contribution >= 0.6 is 0 Å². The molecular weight excluding hydrogens is 404 g/mol. The number of amides is 2. The number of benzene rings is 1. The first-order valence-electron chi connectivity index (χ1n) is 10.6. The van der Waals surface area contributed by atoms with Crippen molar-refractivity contribution in [3.63, 3.8) is 0 Å². The molecule has 31 heavy (non-hydrogen) atoms. The van der Waals surface area contributed by atoms with Crippen LogP contribution in [0.15, 0.2) is 12.1 Å². The van der Waals surface area contributed by atoms with E-state index in [0.717, 1.165) is 0 Å². The molecule has 1 fully saturated rings. The second-order valence-electron chi connectivity index (χ2n) is 8.78. The average molecular weight is 437 g/mol. The maximum absolute atomic E-state index is 12.9. The number of likely N-dealkylation sites (tertiary alicyclic amines) is 1. The summed E-state index contributed by atoms with van der Waals surface area (Å²) in [4.78, 5) is 26.6. The van der Waals surface area contributed by atoms with E-state index in [9.17, 15) is 14.7 Å². The van der Waals surface area contributed by atoms with Gasteiger partial charge in [-0.3, -0.25) is 4.79 Å². The number of aliphatic hydroxyl groups is 1. The maximum Gasteiger partial charge on any atom is 0.410 e. The van der Waals surface area contributed by atoms with Crippen LogP contribution in [0.2, 0.25) is 0 Å². The van der Waals surface area contributed by atoms with E-state index in [2.05, 4.69) is 5.32 Å². The molecule has 1 saturated heterocycles. The summed E-state index contributed by atoms with van der Waals surface area (Å²) in [5, 5.41) is 13.4. The number of ether oxygens (including phenoxy) is 4. The smallest absolute Gasteiger partial charge is 0.410 e. The van der Waals surface area contributed by atoms with Crippen LogP contribution in [-0.2, 0) is 4.74 Å². The monoisotopic (exact) mass is 436 g/mol. The number of rotatable bonds is 4. The molecule has 1 aromatic rings. The fourth-order valence-corrected chi connectivity index (χ4v) is 3.60. The number of aliphatic hydroxyl groups excluding tert-OH is 1. The zero-order valence-corrected chi connectivity index (χ0v) is 18.6. The summed E-state index contributed by atoms with van der Waals surface area (Å²) >= 11 is 0. The predicted octanol–water partition coefficient (Wildman–Crippen LogP) is 2.20. The van der Waals surface area contributed by atoms with Gasteiger partial charge in [0.25, 0.3) is 5.91 Å². The first kappa shape index (κ1) is 23.0. The number of carbonyl (C=O) groups excluding carboxylic acids is 2. The molecule has 2 atom stereocenters. The molecule has 1 unspecified atom stereocenters. The van der Waals surface area contributed by atoms with Crippen LogP contribution in [0, 0.1) is 5.92 Å². The lowest BCUT2D eigenvalue weighted by atomic mass is 9.94. The highest BCUT2D eigenvalue weighted by atomic mass is 16.6. The van der Waals surface area contributed by atoms with Gasteiger partial charge in [0.05, 0.1) is 38.5 Å². The largest absolute Gasteiger partial charge is 0.493 e. The van der Waals surface area contributed by atoms with Crippen molar-refractivity contribution in [3.8, 4) is 17.2 Å². The molecule has 0 spiro atoms. The van der Waals surface area contributed by atoms with Crippen molar-refractivity contribution >= 4 is 12.0 Å². The highest BCUT2D eigenvalue weighted by molar-refractivity contribution is 5.98. The van der Waals surface area contributed by atoms with Crippen molar-refractivity contribution in [1.82, 2.24) is 10.2 Å². The third-order valence-electron chi connectivity index (χ3n) is 5.22. The van der Waals surface area contributed by atoms with Crippen LogP contribution in [0.5, 0.6) is 17.2 Å². The van der Waals surface area contributed by atoms with Gasteiger partial charge in [-0.05, 0) is 39.3 Å². The second kappa shape index (κ2) is 9.64. The minimum atomic E-state index is -0.755. The van der Waals surface area contributed by atoms with Crippen LogP contribution in [0.4, 0.5) is 4.79 Å². The Labute approximate surface area is 182 Å². The molecule has 3 rings (SSSR count). The molecule has 0 bridgehead atoms. The van der Waals surface area contributed by atoms with E-state index in [4.69, 9.17) is 18.9 Å². The summed E-state index contributed by atoms with van der Waals surface area (Å²) in [5.41, 5.74) is -0.229. The number of nitrogens with zero attached hydrogens (tertiary/aromatic N) is 1. The zero-order chi connectivity index (χ0) is 22.6. The number of nitrogens with one attached hydrogen (secondary N) is 1. The molecule has 172 valence electrons. The van der Waals surface area contributed by atoms with Crippen molar-refractivity contribution in [2.24, 2.45) is 5.92 Å². The Morgan fingerprint density at radius 1 is 1.23 bits per heavy atom. The van der Waals surface area contributed by atoms with Gasteiger partial charge >= 0.3 is 6.09 Å². The minimum absolute atomic E-state index is 0.170. The fraction of sp³-hybridized carbons (Fsp3) is 0.636. The molecule has 2 aliphatic heterocycles. The van der Waals surface area contributed by atoms with Gasteiger partial charge in [0.2, 0.25) is 5.75 Å². The highest BCUT2D eigenvalue weighted by Gasteiger charge is 2.33. The van der Waals surface area contributed by atoms with E-state index in [-0.39, 0.29) is 24.9 Å². The first-order chi connectivity index (χ1) is 14.7. The summed E-state index contributed by atoms with van der Waals surface area (Å²) in [6.07, 6.45) is 0.0729. The molecule has 2 aliphatic rings. The number of β-amino-alcohol motifs (C(OH)–C–C–N with tert-alkyl or cyclic N) is 1. The van der Waals surface area contributed by atoms with E-state index >= 15 is 0 Å². The molecule has 0 aromatic heterocycles. The van der Waals surface area contributed by atoms with E-state index in [0.29, 0.717) is 55.4 Å². The molecular formula is C22H32N2O7. The van der Waals surface area contributed by atoms with Crippen LogP contribution in [0.3, 0.4) is 0 Å². The third-order valence-corrected chi connectivity index (χ3v) is 5.22. The molecule has 1 aromatic carbocycles. The lowest BCUT2D eigenvalue weighted by Gasteiger charge is -2.36. The van der Waals surface area contributed by atoms with Crippen LogP contribution in [0.25, 0.3) is 0 Å². The van der Waals surface area contributed by atoms with Gasteiger partial charge < -0.3 is 34.3 Å². The summed E-state index contributed by atoms with van der Waals surface area (Å²) in [6, 6.07) is 3.32. The Bertz CT molecular complexity index is 806. The summed E-state index contributed by atoms with van der Waals surface area (Å²) in [6.45, 7) is 7.25. The number of piperidine rings is 1. The number of hydrogen-bond donors (Lipinski definition) is 2. The molecule has 9 nitrogen and oxygen atoms in total. The van der Waals surface area contributed by atoms with E-state index in [1.165, 1.54) is 12.0 Å². The topological polar surface area (TPSA) is 107 Å². The van der Waals surface area contributed by atoms with Gasteiger partial charge in [-0.2, -0.15) is 0 Å². The van der Waals surface area contributed by atoms with Crippen LogP contribution in [0.1, 0.15) is 44.0 Å². The molecule has 2 heterocycles. The minimum Gasteiger partial charge on any atom is -0.493 e. The van der Waals surface area contributed by atoms with Gasteiger partial charge in [0.1, 0.15) is 5.60 Å². The number of carbonyl (C=O) groups is 2. The van der Waals surface area contributed by atoms with E-state index in [1.807, 2.05) is 0 Å². The van der Waals surface area contributed by atoms with Crippen molar-refractivity contribution in [2.45, 2.75) is 45.3 Å². The van der Waals surface area contributed by atoms with Gasteiger partial charge in [-0.15, -0.1) is 0 Å². The SMILES string of the molecule is COc1ccc(C(=O)NC[C@@H]2CCN(C(=O)OC(C)(C)C)CC2O)c2c1OCCCO2. The Hall–Kier alpha value is -2.68. The van der Waals surface area contributed by atoms with Crippen molar-refractivity contribution in [3.05, 3.63) is 17.7 Å². The summed E-state index contributed by atoms with van der Waals surface area (Å²) in [7, 11) is 1.54. The van der Waals surface area contributed by atoms with E-state index in [1.54, 1.807) is 32.9 Å². The number of hydrogen-bond acceptors (Lipinski definition) is 7. The van der Waals surface area contributed by atoms with E-state index < -0.39 is 17.8 Å². The first-order valence-corrected chi connectivity index (χ1v) is 10.6. The summed E-state index contributed by atoms with van der Waals surface area (Å²) in [5.74, 6) is 0.828. The lowest BCUT2D eigenvalue weighted by Crippen LogP contribution is -2.50. The molecule has 0 saturated carbocycles. The Balaban J connectivity index is 1.60.